The van der Waals surface area contributed by atoms with Crippen molar-refractivity contribution in [3.8, 4) is 5.75 Å². The van der Waals surface area contributed by atoms with E-state index < -0.39 is 0 Å². The molecule has 1 aliphatic heterocycles. The maximum absolute atomic E-state index is 11.9. The summed E-state index contributed by atoms with van der Waals surface area (Å²) in [5, 5.41) is 0. The van der Waals surface area contributed by atoms with E-state index in [0.717, 1.165) is 4.47 Å². The zero-order valence-electron chi connectivity index (χ0n) is 9.89. The maximum Gasteiger partial charge on any atom is 0.260 e. The Morgan fingerprint density at radius 3 is 2.83 bits per heavy atom. The van der Waals surface area contributed by atoms with E-state index >= 15 is 0 Å². The first-order chi connectivity index (χ1) is 8.68. The lowest BCUT2D eigenvalue weighted by molar-refractivity contribution is -0.137. The number of nitrogens with two attached hydrogens (primary N) is 1. The summed E-state index contributed by atoms with van der Waals surface area (Å²) in [7, 11) is 0. The van der Waals surface area contributed by atoms with E-state index in [1.54, 1.807) is 11.0 Å². The van der Waals surface area contributed by atoms with Crippen molar-refractivity contribution in [2.45, 2.75) is 0 Å². The molecule has 1 amide bonds. The number of carbonyl (C=O) groups is 1. The molecule has 1 aromatic rings. The number of halogens is 1. The van der Waals surface area contributed by atoms with Crippen LogP contribution in [-0.2, 0) is 9.53 Å². The highest BCUT2D eigenvalue weighted by Gasteiger charge is 2.18. The van der Waals surface area contributed by atoms with Crippen molar-refractivity contribution in [1.29, 1.82) is 0 Å². The fourth-order valence-electron chi connectivity index (χ4n) is 1.72. The van der Waals surface area contributed by atoms with E-state index in [9.17, 15) is 4.79 Å². The molecule has 98 valence electrons. The van der Waals surface area contributed by atoms with Crippen LogP contribution in [0.15, 0.2) is 22.7 Å². The molecule has 18 heavy (non-hydrogen) atoms. The number of anilines is 1. The third kappa shape index (κ3) is 3.14. The number of amides is 1. The predicted molar refractivity (Wildman–Crippen MR) is 71.4 cm³/mol. The van der Waals surface area contributed by atoms with Crippen molar-refractivity contribution in [3.05, 3.63) is 22.7 Å². The van der Waals surface area contributed by atoms with Gasteiger partial charge in [0.1, 0.15) is 0 Å². The number of rotatable bonds is 3. The molecule has 1 saturated heterocycles. The van der Waals surface area contributed by atoms with Gasteiger partial charge in [-0.25, -0.2) is 0 Å². The van der Waals surface area contributed by atoms with E-state index in [1.807, 2.05) is 12.1 Å². The lowest BCUT2D eigenvalue weighted by Gasteiger charge is -2.26. The molecule has 0 aromatic heterocycles. The summed E-state index contributed by atoms with van der Waals surface area (Å²) in [5.74, 6) is 0.465. The molecule has 2 N–H and O–H groups in total. The SMILES string of the molecule is Nc1cccc(Br)c1OCC(=O)N1CCOCC1. The van der Waals surface area contributed by atoms with Gasteiger partial charge in [-0.05, 0) is 28.1 Å². The minimum atomic E-state index is -0.0477. The molecule has 0 unspecified atom stereocenters. The van der Waals surface area contributed by atoms with Gasteiger partial charge in [-0.1, -0.05) is 6.07 Å². The lowest BCUT2D eigenvalue weighted by Crippen LogP contribution is -2.43. The van der Waals surface area contributed by atoms with Gasteiger partial charge in [-0.3, -0.25) is 4.79 Å². The molecule has 1 fully saturated rings. The molecule has 0 spiro atoms. The van der Waals surface area contributed by atoms with Crippen molar-refractivity contribution in [2.24, 2.45) is 0 Å². The van der Waals surface area contributed by atoms with Crippen molar-refractivity contribution >= 4 is 27.5 Å². The number of para-hydroxylation sites is 1. The van der Waals surface area contributed by atoms with Gasteiger partial charge in [-0.15, -0.1) is 0 Å². The minimum absolute atomic E-state index is 0.00713. The number of morpholine rings is 1. The van der Waals surface area contributed by atoms with Gasteiger partial charge in [0.2, 0.25) is 0 Å². The maximum atomic E-state index is 11.9. The van der Waals surface area contributed by atoms with E-state index in [4.69, 9.17) is 15.2 Å². The quantitative estimate of drug-likeness (QED) is 0.853. The summed E-state index contributed by atoms with van der Waals surface area (Å²) in [6.45, 7) is 2.40. The van der Waals surface area contributed by atoms with Crippen LogP contribution in [0.25, 0.3) is 0 Å². The van der Waals surface area contributed by atoms with Gasteiger partial charge < -0.3 is 20.1 Å². The predicted octanol–water partition coefficient (Wildman–Crippen LogP) is 1.27. The molecule has 0 atom stereocenters. The summed E-state index contributed by atoms with van der Waals surface area (Å²) < 4.78 is 11.4. The van der Waals surface area contributed by atoms with Crippen LogP contribution in [0.1, 0.15) is 0 Å². The van der Waals surface area contributed by atoms with Gasteiger partial charge in [0, 0.05) is 13.1 Å². The summed E-state index contributed by atoms with van der Waals surface area (Å²) in [4.78, 5) is 13.6. The number of hydrogen-bond acceptors (Lipinski definition) is 4. The Morgan fingerprint density at radius 1 is 1.44 bits per heavy atom. The number of carbonyl (C=O) groups excluding carboxylic acids is 1. The highest BCUT2D eigenvalue weighted by molar-refractivity contribution is 9.10. The molecular weight excluding hydrogens is 300 g/mol. The Kier molecular flexibility index (Phi) is 4.43. The molecule has 0 aliphatic carbocycles. The fourth-order valence-corrected chi connectivity index (χ4v) is 2.21. The van der Waals surface area contributed by atoms with Crippen LogP contribution in [0.4, 0.5) is 5.69 Å². The number of nitrogens with zero attached hydrogens (tertiary/aromatic N) is 1. The van der Waals surface area contributed by atoms with Crippen molar-refractivity contribution in [1.82, 2.24) is 4.90 Å². The zero-order valence-corrected chi connectivity index (χ0v) is 11.5. The first kappa shape index (κ1) is 13.2. The normalized spacial score (nSPS) is 15.5. The topological polar surface area (TPSA) is 64.8 Å². The molecule has 5 nitrogen and oxygen atoms in total. The van der Waals surface area contributed by atoms with Crippen LogP contribution in [0.5, 0.6) is 5.75 Å². The first-order valence-corrected chi connectivity index (χ1v) is 6.50. The van der Waals surface area contributed by atoms with Crippen molar-refractivity contribution < 1.29 is 14.3 Å². The van der Waals surface area contributed by atoms with Gasteiger partial charge in [-0.2, -0.15) is 0 Å². The van der Waals surface area contributed by atoms with E-state index in [0.29, 0.717) is 37.7 Å². The van der Waals surface area contributed by atoms with Crippen LogP contribution in [0.2, 0.25) is 0 Å². The summed E-state index contributed by atoms with van der Waals surface area (Å²) in [6, 6.07) is 5.38. The Hall–Kier alpha value is -1.27. The smallest absolute Gasteiger partial charge is 0.260 e. The van der Waals surface area contributed by atoms with E-state index in [2.05, 4.69) is 15.9 Å². The number of benzene rings is 1. The zero-order chi connectivity index (χ0) is 13.0. The largest absolute Gasteiger partial charge is 0.480 e. The van der Waals surface area contributed by atoms with Gasteiger partial charge >= 0.3 is 0 Å². The summed E-state index contributed by atoms with van der Waals surface area (Å²) >= 11 is 3.34. The van der Waals surface area contributed by atoms with Gasteiger partial charge in [0.25, 0.3) is 5.91 Å². The van der Waals surface area contributed by atoms with Crippen LogP contribution in [0.3, 0.4) is 0 Å². The van der Waals surface area contributed by atoms with Gasteiger partial charge in [0.05, 0.1) is 23.4 Å². The fraction of sp³-hybridized carbons (Fsp3) is 0.417. The molecule has 1 aliphatic rings. The van der Waals surface area contributed by atoms with Crippen LogP contribution >= 0.6 is 15.9 Å². The highest BCUT2D eigenvalue weighted by atomic mass is 79.9. The molecule has 0 saturated carbocycles. The highest BCUT2D eigenvalue weighted by Crippen LogP contribution is 2.30. The standard InChI is InChI=1S/C12H15BrN2O3/c13-9-2-1-3-10(14)12(9)18-8-11(16)15-4-6-17-7-5-15/h1-3H,4-8,14H2. The Bertz CT molecular complexity index is 413. The van der Waals surface area contributed by atoms with Crippen molar-refractivity contribution in [2.75, 3.05) is 38.6 Å². The minimum Gasteiger partial charge on any atom is -0.480 e. The van der Waals surface area contributed by atoms with Crippen LogP contribution in [0, 0.1) is 0 Å². The lowest BCUT2D eigenvalue weighted by atomic mass is 10.3. The molecule has 2 rings (SSSR count). The molecule has 1 aromatic carbocycles. The summed E-state index contributed by atoms with van der Waals surface area (Å²) in [5.41, 5.74) is 6.30. The molecule has 0 bridgehead atoms. The molecule has 6 heteroatoms. The Morgan fingerprint density at radius 2 is 2.17 bits per heavy atom. The van der Waals surface area contributed by atoms with E-state index in [1.165, 1.54) is 0 Å². The number of hydrogen-bond donors (Lipinski definition) is 1. The summed E-state index contributed by atoms with van der Waals surface area (Å²) in [6.07, 6.45) is 0. The third-order valence-electron chi connectivity index (χ3n) is 2.70. The average Bonchev–Trinajstić information content (AvgIpc) is 2.39. The molecular formula is C12H15BrN2O3. The Balaban J connectivity index is 1.92. The third-order valence-corrected chi connectivity index (χ3v) is 3.33. The molecule has 1 heterocycles. The molecule has 0 radical (unpaired) electrons. The van der Waals surface area contributed by atoms with Gasteiger partial charge in [0.15, 0.2) is 12.4 Å². The Labute approximate surface area is 114 Å². The average molecular weight is 315 g/mol. The first-order valence-electron chi connectivity index (χ1n) is 5.71. The second-order valence-electron chi connectivity index (χ2n) is 3.94. The number of ether oxygens (including phenoxy) is 2. The number of nitrogen functional groups attached to an aromatic ring is 1. The second-order valence-corrected chi connectivity index (χ2v) is 4.79. The van der Waals surface area contributed by atoms with E-state index in [-0.39, 0.29) is 12.5 Å². The second kappa shape index (κ2) is 6.06. The van der Waals surface area contributed by atoms with Crippen LogP contribution in [-0.4, -0.2) is 43.7 Å². The van der Waals surface area contributed by atoms with Crippen LogP contribution < -0.4 is 10.5 Å². The van der Waals surface area contributed by atoms with Crippen molar-refractivity contribution in [3.63, 3.8) is 0 Å². The monoisotopic (exact) mass is 314 g/mol.